The maximum Gasteiger partial charge on any atom is 0.0580 e. The van der Waals surface area contributed by atoms with E-state index in [1.165, 1.54) is 78.5 Å². The Hall–Kier alpha value is -3.72. The lowest BCUT2D eigenvalue weighted by Gasteiger charge is -2.54. The second kappa shape index (κ2) is 8.43. The van der Waals surface area contributed by atoms with Gasteiger partial charge < -0.3 is 14.7 Å². The number of nitrogens with zero attached hydrogens (tertiary/aromatic N) is 3. The molecule has 8 rings (SSSR count). The van der Waals surface area contributed by atoms with Crippen LogP contribution in [0, 0.1) is 5.92 Å². The van der Waals surface area contributed by atoms with Gasteiger partial charge in [-0.25, -0.2) is 0 Å². The molecule has 0 saturated heterocycles. The first kappa shape index (κ1) is 25.9. The Morgan fingerprint density at radius 1 is 0.667 bits per heavy atom. The molecule has 214 valence electrons. The van der Waals surface area contributed by atoms with Gasteiger partial charge in [0.1, 0.15) is 0 Å². The average molecular weight is 554 g/mol. The van der Waals surface area contributed by atoms with Crippen molar-refractivity contribution in [1.29, 1.82) is 0 Å². The van der Waals surface area contributed by atoms with Crippen LogP contribution in [0.1, 0.15) is 102 Å². The van der Waals surface area contributed by atoms with Crippen LogP contribution in [-0.4, -0.2) is 28.2 Å². The van der Waals surface area contributed by atoms with E-state index in [0.717, 1.165) is 6.42 Å². The molecule has 0 saturated carbocycles. The summed E-state index contributed by atoms with van der Waals surface area (Å²) in [7, 11) is 8.98. The molecule has 1 spiro atoms. The van der Waals surface area contributed by atoms with Gasteiger partial charge in [-0.05, 0) is 51.6 Å². The van der Waals surface area contributed by atoms with E-state index in [4.69, 9.17) is 0 Å². The summed E-state index contributed by atoms with van der Waals surface area (Å²) in [5.41, 5.74) is 20.4. The summed E-state index contributed by atoms with van der Waals surface area (Å²) < 4.78 is 0. The molecule has 4 aromatic carbocycles. The van der Waals surface area contributed by atoms with Crippen LogP contribution in [0.5, 0.6) is 0 Å². The van der Waals surface area contributed by atoms with Crippen molar-refractivity contribution in [3.8, 4) is 0 Å². The first-order valence-corrected chi connectivity index (χ1v) is 15.9. The Kier molecular flexibility index (Phi) is 5.21. The average Bonchev–Trinajstić information content (AvgIpc) is 3.26. The minimum absolute atomic E-state index is 0.148. The monoisotopic (exact) mass is 553 g/mol. The molecule has 0 N–H and O–H groups in total. The molecule has 3 nitrogen and oxygen atoms in total. The number of rotatable bonds is 3. The molecule has 3 aliphatic heterocycles. The van der Waals surface area contributed by atoms with Crippen LogP contribution in [0.25, 0.3) is 0 Å². The number of hydrogen-bond donors (Lipinski definition) is 0. The number of fused-ring (bicyclic) bond motifs is 4. The number of hydrogen-bond acceptors (Lipinski definition) is 3. The van der Waals surface area contributed by atoms with Gasteiger partial charge in [0, 0.05) is 68.1 Å². The van der Waals surface area contributed by atoms with Gasteiger partial charge in [0.2, 0.25) is 0 Å². The molecule has 0 radical (unpaired) electrons. The Morgan fingerprint density at radius 3 is 1.67 bits per heavy atom. The first-order chi connectivity index (χ1) is 20.1. The minimum atomic E-state index is -0.148. The molecule has 0 aromatic heterocycles. The maximum absolute atomic E-state index is 2.74. The third-order valence-corrected chi connectivity index (χ3v) is 11.2. The van der Waals surface area contributed by atoms with Crippen molar-refractivity contribution in [2.24, 2.45) is 5.92 Å². The Balaban J connectivity index is 1.60. The van der Waals surface area contributed by atoms with Crippen LogP contribution in [0.2, 0.25) is 0 Å². The Bertz CT molecular complexity index is 1710. The summed E-state index contributed by atoms with van der Waals surface area (Å²) in [5.74, 6) is 1.46. The zero-order valence-corrected chi connectivity index (χ0v) is 26.6. The van der Waals surface area contributed by atoms with E-state index >= 15 is 0 Å². The largest absolute Gasteiger partial charge is 0.377 e. The molecule has 4 atom stereocenters. The second-order valence-electron chi connectivity index (χ2n) is 14.1. The fourth-order valence-electron chi connectivity index (χ4n) is 9.74. The third-order valence-electron chi connectivity index (χ3n) is 11.2. The lowest BCUT2D eigenvalue weighted by atomic mass is 9.59. The van der Waals surface area contributed by atoms with Gasteiger partial charge in [-0.2, -0.15) is 0 Å². The fraction of sp³-hybridized carbons (Fsp3) is 0.385. The highest BCUT2D eigenvalue weighted by Crippen LogP contribution is 2.70. The summed E-state index contributed by atoms with van der Waals surface area (Å²) in [6.07, 6.45) is 1.11. The first-order valence-electron chi connectivity index (χ1n) is 15.9. The highest BCUT2D eigenvalue weighted by atomic mass is 15.2. The smallest absolute Gasteiger partial charge is 0.0580 e. The molecule has 1 aliphatic carbocycles. The van der Waals surface area contributed by atoms with Gasteiger partial charge in [-0.3, -0.25) is 0 Å². The van der Waals surface area contributed by atoms with Gasteiger partial charge in [0.15, 0.2) is 0 Å². The van der Waals surface area contributed by atoms with E-state index < -0.39 is 0 Å². The Labute approximate surface area is 251 Å². The summed E-state index contributed by atoms with van der Waals surface area (Å²) in [4.78, 5) is 7.54. The van der Waals surface area contributed by atoms with Crippen molar-refractivity contribution in [3.05, 3.63) is 111 Å². The molecule has 4 aromatic rings. The van der Waals surface area contributed by atoms with Gasteiger partial charge in [-0.1, -0.05) is 95.3 Å². The van der Waals surface area contributed by atoms with Crippen LogP contribution in [0.15, 0.2) is 60.7 Å². The highest BCUT2D eigenvalue weighted by molar-refractivity contribution is 6.03. The van der Waals surface area contributed by atoms with Crippen molar-refractivity contribution in [1.82, 2.24) is 0 Å². The van der Waals surface area contributed by atoms with Gasteiger partial charge in [0.05, 0.1) is 22.5 Å². The lowest BCUT2D eigenvalue weighted by molar-refractivity contribution is 0.437. The van der Waals surface area contributed by atoms with Crippen molar-refractivity contribution in [2.75, 3.05) is 42.9 Å². The van der Waals surface area contributed by atoms with Crippen LogP contribution in [-0.2, 0) is 11.8 Å². The topological polar surface area (TPSA) is 9.72 Å². The van der Waals surface area contributed by atoms with Crippen molar-refractivity contribution >= 4 is 28.4 Å². The van der Waals surface area contributed by atoms with Gasteiger partial charge in [-0.15, -0.1) is 0 Å². The quantitative estimate of drug-likeness (QED) is 0.250. The molecule has 2 unspecified atom stereocenters. The lowest BCUT2D eigenvalue weighted by Crippen LogP contribution is -2.43. The maximum atomic E-state index is 2.74. The third kappa shape index (κ3) is 2.79. The molecular weight excluding hydrogens is 510 g/mol. The van der Waals surface area contributed by atoms with Gasteiger partial charge in [0.25, 0.3) is 0 Å². The van der Waals surface area contributed by atoms with E-state index in [9.17, 15) is 0 Å². The van der Waals surface area contributed by atoms with E-state index in [1.807, 2.05) is 0 Å². The zero-order chi connectivity index (χ0) is 29.4. The molecule has 3 heteroatoms. The molecular formula is C39H43N3. The van der Waals surface area contributed by atoms with Crippen molar-refractivity contribution in [2.45, 2.75) is 64.2 Å². The van der Waals surface area contributed by atoms with Crippen LogP contribution in [0.4, 0.5) is 28.4 Å². The van der Waals surface area contributed by atoms with Crippen LogP contribution in [0.3, 0.4) is 0 Å². The van der Waals surface area contributed by atoms with Crippen molar-refractivity contribution in [3.63, 3.8) is 0 Å². The molecule has 3 heterocycles. The Morgan fingerprint density at radius 2 is 1.17 bits per heavy atom. The summed E-state index contributed by atoms with van der Waals surface area (Å²) >= 11 is 0. The summed E-state index contributed by atoms with van der Waals surface area (Å²) in [6.45, 7) is 12.2. The van der Waals surface area contributed by atoms with Gasteiger partial charge >= 0.3 is 0 Å². The highest BCUT2D eigenvalue weighted by Gasteiger charge is 2.56. The minimum Gasteiger partial charge on any atom is -0.377 e. The molecule has 42 heavy (non-hydrogen) atoms. The SMILES string of the molecule is CC(C)c1c(N(C)C)c2c3c(c1N(C)C)[C@@H](C)c1cccc4c1N3c1c(cccc1C41c3ccccc3CC1C)[C@H]2C. The predicted octanol–water partition coefficient (Wildman–Crippen LogP) is 9.18. The number of anilines is 5. The van der Waals surface area contributed by atoms with Crippen LogP contribution >= 0.6 is 0 Å². The molecule has 0 amide bonds. The summed E-state index contributed by atoms with van der Waals surface area (Å²) in [6, 6.07) is 23.7. The van der Waals surface area contributed by atoms with Crippen molar-refractivity contribution < 1.29 is 0 Å². The standard InChI is InChI=1S/C39H43N3/c1-21(2)31-36(40(6)7)32-23(4)26-15-12-18-29-34(26)42-35-27(24(5)33(38(32)42)37(31)41(8)9)16-13-19-30(35)39(29)22(3)20-25-14-10-11-17-28(25)39/h10-19,21-24H,20H2,1-9H3/t22?,23-,24+,39?. The second-order valence-corrected chi connectivity index (χ2v) is 14.1. The molecule has 4 aliphatic rings. The number of benzene rings is 4. The number of para-hydroxylation sites is 2. The molecule has 0 bridgehead atoms. The normalized spacial score (nSPS) is 23.8. The molecule has 0 fully saturated rings. The van der Waals surface area contributed by atoms with E-state index in [2.05, 4.69) is 138 Å². The van der Waals surface area contributed by atoms with E-state index in [-0.39, 0.29) is 5.41 Å². The van der Waals surface area contributed by atoms with E-state index in [1.54, 1.807) is 0 Å². The van der Waals surface area contributed by atoms with E-state index in [0.29, 0.717) is 23.7 Å². The predicted molar refractivity (Wildman–Crippen MR) is 178 cm³/mol. The van der Waals surface area contributed by atoms with Crippen LogP contribution < -0.4 is 14.7 Å². The summed E-state index contributed by atoms with van der Waals surface area (Å²) in [5, 5.41) is 0. The zero-order valence-electron chi connectivity index (χ0n) is 26.6. The fourth-order valence-corrected chi connectivity index (χ4v) is 9.74.